The van der Waals surface area contributed by atoms with Gasteiger partial charge in [0.1, 0.15) is 11.5 Å². The first-order valence-corrected chi connectivity index (χ1v) is 9.76. The standard InChI is InChI=1S/C22H26N4O2/c1-16-10-11-21(28-16)19-13-20(24-23-19)22(27)26-12-6-9-18(15-26)25(2)14-17-7-4-3-5-8-17/h3-5,7-8,10-11,13,18H,6,9,12,14-15H2,1-2H3,(H,23,24). The van der Waals surface area contributed by atoms with Gasteiger partial charge in [0.05, 0.1) is 0 Å². The number of likely N-dealkylation sites (tertiary alicyclic amines) is 1. The number of carbonyl (C=O) groups is 1. The van der Waals surface area contributed by atoms with Crippen LogP contribution in [0.5, 0.6) is 0 Å². The molecule has 0 saturated carbocycles. The van der Waals surface area contributed by atoms with Gasteiger partial charge in [0.15, 0.2) is 11.5 Å². The molecule has 1 aromatic carbocycles. The summed E-state index contributed by atoms with van der Waals surface area (Å²) in [7, 11) is 2.14. The van der Waals surface area contributed by atoms with E-state index < -0.39 is 0 Å². The lowest BCUT2D eigenvalue weighted by atomic mass is 10.0. The maximum Gasteiger partial charge on any atom is 0.274 e. The van der Waals surface area contributed by atoms with Crippen LogP contribution in [0.3, 0.4) is 0 Å². The van der Waals surface area contributed by atoms with E-state index in [0.717, 1.165) is 43.9 Å². The van der Waals surface area contributed by atoms with Crippen LogP contribution in [-0.2, 0) is 6.54 Å². The number of aryl methyl sites for hydroxylation is 1. The van der Waals surface area contributed by atoms with Crippen molar-refractivity contribution in [2.24, 2.45) is 0 Å². The van der Waals surface area contributed by atoms with E-state index >= 15 is 0 Å². The number of carbonyl (C=O) groups excluding carboxylic acids is 1. The molecule has 0 spiro atoms. The molecule has 146 valence electrons. The van der Waals surface area contributed by atoms with Crippen molar-refractivity contribution in [2.45, 2.75) is 32.4 Å². The van der Waals surface area contributed by atoms with E-state index in [1.165, 1.54) is 5.56 Å². The molecule has 2 aromatic heterocycles. The molecule has 3 heterocycles. The molecule has 0 aliphatic carbocycles. The fourth-order valence-corrected chi connectivity index (χ4v) is 3.80. The Morgan fingerprint density at radius 3 is 2.86 bits per heavy atom. The average Bonchev–Trinajstić information content (AvgIpc) is 3.37. The lowest BCUT2D eigenvalue weighted by molar-refractivity contribution is 0.0596. The summed E-state index contributed by atoms with van der Waals surface area (Å²) in [6.07, 6.45) is 2.11. The first-order chi connectivity index (χ1) is 13.6. The van der Waals surface area contributed by atoms with Crippen molar-refractivity contribution >= 4 is 5.91 Å². The lowest BCUT2D eigenvalue weighted by Crippen LogP contribution is -2.48. The van der Waals surface area contributed by atoms with Crippen molar-refractivity contribution in [1.82, 2.24) is 20.0 Å². The molecule has 1 aliphatic rings. The molecule has 3 aromatic rings. The van der Waals surface area contributed by atoms with Crippen LogP contribution in [0.2, 0.25) is 0 Å². The SMILES string of the molecule is Cc1ccc(-c2cc(C(=O)N3CCCC(N(C)Cc4ccccc4)C3)n[nH]2)o1. The number of hydrogen-bond acceptors (Lipinski definition) is 4. The molecule has 4 rings (SSSR count). The van der Waals surface area contributed by atoms with E-state index in [1.54, 1.807) is 6.07 Å². The predicted octanol–water partition coefficient (Wildman–Crippen LogP) is 3.71. The van der Waals surface area contributed by atoms with Crippen LogP contribution >= 0.6 is 0 Å². The third-order valence-electron chi connectivity index (χ3n) is 5.38. The molecule has 1 N–H and O–H groups in total. The number of likely N-dealkylation sites (N-methyl/N-ethyl adjacent to an activating group) is 1. The Morgan fingerprint density at radius 1 is 1.29 bits per heavy atom. The zero-order valence-electron chi connectivity index (χ0n) is 16.4. The Hall–Kier alpha value is -2.86. The Labute approximate surface area is 165 Å². The minimum absolute atomic E-state index is 0.0245. The maximum absolute atomic E-state index is 13.0. The van der Waals surface area contributed by atoms with Gasteiger partial charge in [-0.25, -0.2) is 0 Å². The third-order valence-corrected chi connectivity index (χ3v) is 5.38. The minimum atomic E-state index is -0.0245. The van der Waals surface area contributed by atoms with Crippen LogP contribution in [0.25, 0.3) is 11.5 Å². The number of aromatic amines is 1. The van der Waals surface area contributed by atoms with E-state index in [2.05, 4.69) is 46.4 Å². The quantitative estimate of drug-likeness (QED) is 0.735. The van der Waals surface area contributed by atoms with Gasteiger partial charge >= 0.3 is 0 Å². The van der Waals surface area contributed by atoms with Crippen molar-refractivity contribution < 1.29 is 9.21 Å². The molecule has 28 heavy (non-hydrogen) atoms. The summed E-state index contributed by atoms with van der Waals surface area (Å²) in [6.45, 7) is 4.28. The highest BCUT2D eigenvalue weighted by atomic mass is 16.3. The van der Waals surface area contributed by atoms with Crippen LogP contribution in [0.15, 0.2) is 52.9 Å². The molecule has 0 radical (unpaired) electrons. The second-order valence-electron chi connectivity index (χ2n) is 7.53. The molecule has 1 unspecified atom stereocenters. The smallest absolute Gasteiger partial charge is 0.274 e. The van der Waals surface area contributed by atoms with E-state index in [4.69, 9.17) is 4.42 Å². The summed E-state index contributed by atoms with van der Waals surface area (Å²) in [5.74, 6) is 1.50. The number of rotatable bonds is 5. The first-order valence-electron chi connectivity index (χ1n) is 9.76. The third kappa shape index (κ3) is 4.02. The molecular weight excluding hydrogens is 352 g/mol. The zero-order chi connectivity index (χ0) is 19.5. The first kappa shape index (κ1) is 18.5. The Morgan fingerprint density at radius 2 is 2.11 bits per heavy atom. The molecular formula is C22H26N4O2. The van der Waals surface area contributed by atoms with Gasteiger partial charge in [0.25, 0.3) is 5.91 Å². The normalized spacial score (nSPS) is 17.2. The highest BCUT2D eigenvalue weighted by molar-refractivity contribution is 5.93. The van der Waals surface area contributed by atoms with E-state index in [0.29, 0.717) is 17.5 Å². The number of aromatic nitrogens is 2. The Kier molecular flexibility index (Phi) is 5.30. The highest BCUT2D eigenvalue weighted by Gasteiger charge is 2.28. The summed E-state index contributed by atoms with van der Waals surface area (Å²) < 4.78 is 5.61. The summed E-state index contributed by atoms with van der Waals surface area (Å²) >= 11 is 0. The van der Waals surface area contributed by atoms with Gasteiger partial charge < -0.3 is 9.32 Å². The van der Waals surface area contributed by atoms with Crippen LogP contribution in [-0.4, -0.2) is 52.1 Å². The van der Waals surface area contributed by atoms with Gasteiger partial charge in [0.2, 0.25) is 0 Å². The van der Waals surface area contributed by atoms with E-state index in [-0.39, 0.29) is 5.91 Å². The maximum atomic E-state index is 13.0. The van der Waals surface area contributed by atoms with E-state index in [1.807, 2.05) is 30.0 Å². The van der Waals surface area contributed by atoms with Gasteiger partial charge in [0, 0.05) is 31.7 Å². The number of piperidine rings is 1. The molecule has 6 nitrogen and oxygen atoms in total. The van der Waals surface area contributed by atoms with Crippen molar-refractivity contribution in [3.63, 3.8) is 0 Å². The van der Waals surface area contributed by atoms with Crippen molar-refractivity contribution in [2.75, 3.05) is 20.1 Å². The number of nitrogens with one attached hydrogen (secondary N) is 1. The van der Waals surface area contributed by atoms with Crippen LogP contribution < -0.4 is 0 Å². The Bertz CT molecular complexity index is 931. The van der Waals surface area contributed by atoms with Crippen LogP contribution in [0, 0.1) is 6.92 Å². The zero-order valence-corrected chi connectivity index (χ0v) is 16.4. The number of H-pyrrole nitrogens is 1. The number of furan rings is 1. The van der Waals surface area contributed by atoms with Gasteiger partial charge in [-0.1, -0.05) is 30.3 Å². The van der Waals surface area contributed by atoms with Gasteiger partial charge in [-0.3, -0.25) is 14.8 Å². The molecule has 1 aliphatic heterocycles. The topological polar surface area (TPSA) is 65.4 Å². The molecule has 1 atom stereocenters. The second kappa shape index (κ2) is 8.02. The number of hydrogen-bond donors (Lipinski definition) is 1. The molecule has 1 fully saturated rings. The van der Waals surface area contributed by atoms with Gasteiger partial charge in [-0.15, -0.1) is 0 Å². The number of amides is 1. The van der Waals surface area contributed by atoms with Crippen molar-refractivity contribution in [1.29, 1.82) is 0 Å². The monoisotopic (exact) mass is 378 g/mol. The number of benzene rings is 1. The van der Waals surface area contributed by atoms with E-state index in [9.17, 15) is 4.79 Å². The fourth-order valence-electron chi connectivity index (χ4n) is 3.80. The van der Waals surface area contributed by atoms with Crippen LogP contribution in [0.1, 0.15) is 34.7 Å². The molecule has 6 heteroatoms. The van der Waals surface area contributed by atoms with Gasteiger partial charge in [-0.05, 0) is 44.5 Å². The van der Waals surface area contributed by atoms with Gasteiger partial charge in [-0.2, -0.15) is 5.10 Å². The predicted molar refractivity (Wildman–Crippen MR) is 108 cm³/mol. The summed E-state index contributed by atoms with van der Waals surface area (Å²) in [5, 5.41) is 7.15. The molecule has 0 bridgehead atoms. The van der Waals surface area contributed by atoms with Crippen molar-refractivity contribution in [3.05, 3.63) is 65.5 Å². The molecule has 1 amide bonds. The highest BCUT2D eigenvalue weighted by Crippen LogP contribution is 2.22. The Balaban J connectivity index is 1.41. The largest absolute Gasteiger partial charge is 0.460 e. The second-order valence-corrected chi connectivity index (χ2v) is 7.53. The molecule has 1 saturated heterocycles. The number of nitrogens with zero attached hydrogens (tertiary/aromatic N) is 3. The fraction of sp³-hybridized carbons (Fsp3) is 0.364. The summed E-state index contributed by atoms with van der Waals surface area (Å²) in [6, 6.07) is 16.4. The van der Waals surface area contributed by atoms with Crippen LogP contribution in [0.4, 0.5) is 0 Å². The summed E-state index contributed by atoms with van der Waals surface area (Å²) in [5.41, 5.74) is 2.46. The summed E-state index contributed by atoms with van der Waals surface area (Å²) in [4.78, 5) is 17.2. The minimum Gasteiger partial charge on any atom is -0.460 e. The lowest BCUT2D eigenvalue weighted by Gasteiger charge is -2.37. The van der Waals surface area contributed by atoms with Crippen molar-refractivity contribution in [3.8, 4) is 11.5 Å². The average molecular weight is 378 g/mol.